The van der Waals surface area contributed by atoms with Gasteiger partial charge in [-0.05, 0) is 52.3 Å². The summed E-state index contributed by atoms with van der Waals surface area (Å²) in [4.78, 5) is 13.2. The van der Waals surface area contributed by atoms with Crippen molar-refractivity contribution >= 4 is 33.3 Å². The van der Waals surface area contributed by atoms with E-state index in [0.29, 0.717) is 28.6 Å². The number of piperazine rings is 1. The minimum absolute atomic E-state index is 0.122. The topological polar surface area (TPSA) is 83.0 Å². The number of ether oxygens (including phenoxy) is 2. The number of para-hydroxylation sites is 1. The molecule has 1 aliphatic rings. The number of nitrogens with zero attached hydrogens (tertiary/aromatic N) is 4. The monoisotopic (exact) mass is 537 g/mol. The van der Waals surface area contributed by atoms with E-state index in [2.05, 4.69) is 71.2 Å². The van der Waals surface area contributed by atoms with Gasteiger partial charge >= 0.3 is 0 Å². The Labute approximate surface area is 214 Å². The smallest absolute Gasteiger partial charge is 0.233 e. The summed E-state index contributed by atoms with van der Waals surface area (Å²) in [6.45, 7) is 4.68. The predicted octanol–water partition coefficient (Wildman–Crippen LogP) is 3.56. The highest BCUT2D eigenvalue weighted by Crippen LogP contribution is 2.25. The Morgan fingerprint density at radius 1 is 1.06 bits per heavy atom. The Morgan fingerprint density at radius 2 is 1.80 bits per heavy atom. The number of anilines is 3. The van der Waals surface area contributed by atoms with Gasteiger partial charge in [-0.15, -0.1) is 6.42 Å². The van der Waals surface area contributed by atoms with E-state index in [9.17, 15) is 5.11 Å². The van der Waals surface area contributed by atoms with Crippen LogP contribution < -0.4 is 19.7 Å². The van der Waals surface area contributed by atoms with Crippen molar-refractivity contribution in [3.05, 3.63) is 65.3 Å². The van der Waals surface area contributed by atoms with Crippen LogP contribution in [-0.4, -0.2) is 72.0 Å². The van der Waals surface area contributed by atoms with Gasteiger partial charge in [0.25, 0.3) is 0 Å². The minimum Gasteiger partial charge on any atom is -0.491 e. The van der Waals surface area contributed by atoms with Gasteiger partial charge < -0.3 is 24.8 Å². The predicted molar refractivity (Wildman–Crippen MR) is 140 cm³/mol. The fourth-order valence-corrected chi connectivity index (χ4v) is 4.06. The van der Waals surface area contributed by atoms with Crippen LogP contribution in [-0.2, 0) is 0 Å². The molecule has 3 aromatic rings. The van der Waals surface area contributed by atoms with Crippen LogP contribution in [0.5, 0.6) is 11.6 Å². The molecule has 2 aromatic carbocycles. The van der Waals surface area contributed by atoms with E-state index in [1.165, 1.54) is 5.69 Å². The zero-order valence-electron chi connectivity index (χ0n) is 19.3. The number of aromatic nitrogens is 2. The van der Waals surface area contributed by atoms with Gasteiger partial charge in [0.1, 0.15) is 18.5 Å². The molecule has 1 aliphatic heterocycles. The van der Waals surface area contributed by atoms with Crippen LogP contribution in [0.2, 0.25) is 0 Å². The molecule has 4 rings (SSSR count). The van der Waals surface area contributed by atoms with Gasteiger partial charge in [-0.3, -0.25) is 4.90 Å². The molecule has 1 aromatic heterocycles. The summed E-state index contributed by atoms with van der Waals surface area (Å²) in [5.41, 5.74) is 2.04. The van der Waals surface area contributed by atoms with Crippen LogP contribution in [0.1, 0.15) is 0 Å². The third-order valence-electron chi connectivity index (χ3n) is 5.52. The third kappa shape index (κ3) is 7.33. The molecule has 1 atom stereocenters. The number of hydrogen-bond acceptors (Lipinski definition) is 8. The fourth-order valence-electron chi connectivity index (χ4n) is 3.76. The van der Waals surface area contributed by atoms with Crippen molar-refractivity contribution in [1.29, 1.82) is 0 Å². The number of β-amino-alcohol motifs (C(OH)–C–C–N with tert-alkyl or cyclic N) is 1. The summed E-state index contributed by atoms with van der Waals surface area (Å²) in [6.07, 6.45) is 6.27. The van der Waals surface area contributed by atoms with Crippen molar-refractivity contribution in [1.82, 2.24) is 14.9 Å². The SMILES string of the molecule is C#CCOc1nc(Nc2ccc(OCC(O)CN3CCN(c4ccccc4)CC3)cc2)ncc1Br. The van der Waals surface area contributed by atoms with Crippen molar-refractivity contribution < 1.29 is 14.6 Å². The zero-order valence-corrected chi connectivity index (χ0v) is 20.9. The second kappa shape index (κ2) is 12.4. The van der Waals surface area contributed by atoms with Crippen LogP contribution >= 0.6 is 15.9 Å². The highest BCUT2D eigenvalue weighted by molar-refractivity contribution is 9.10. The molecule has 0 radical (unpaired) electrons. The van der Waals surface area contributed by atoms with E-state index in [4.69, 9.17) is 15.9 Å². The summed E-state index contributed by atoms with van der Waals surface area (Å²) in [7, 11) is 0. The fraction of sp³-hybridized carbons (Fsp3) is 0.308. The second-order valence-corrected chi connectivity index (χ2v) is 8.93. The Kier molecular flexibility index (Phi) is 8.79. The van der Waals surface area contributed by atoms with Crippen LogP contribution in [0, 0.1) is 12.3 Å². The Bertz CT molecular complexity index is 1120. The maximum atomic E-state index is 10.5. The maximum Gasteiger partial charge on any atom is 0.233 e. The summed E-state index contributed by atoms with van der Waals surface area (Å²) in [5.74, 6) is 3.84. The minimum atomic E-state index is -0.561. The number of hydrogen-bond donors (Lipinski definition) is 2. The normalized spacial score (nSPS) is 14.7. The molecule has 0 aliphatic carbocycles. The van der Waals surface area contributed by atoms with Gasteiger partial charge in [-0.25, -0.2) is 4.98 Å². The zero-order chi connectivity index (χ0) is 24.5. The average molecular weight is 538 g/mol. The molecule has 0 spiro atoms. The lowest BCUT2D eigenvalue weighted by molar-refractivity contribution is 0.0663. The van der Waals surface area contributed by atoms with E-state index in [0.717, 1.165) is 31.9 Å². The largest absolute Gasteiger partial charge is 0.491 e. The van der Waals surface area contributed by atoms with E-state index in [-0.39, 0.29) is 13.2 Å². The van der Waals surface area contributed by atoms with Gasteiger partial charge in [0.15, 0.2) is 6.61 Å². The number of nitrogens with one attached hydrogen (secondary N) is 1. The third-order valence-corrected chi connectivity index (χ3v) is 6.06. The van der Waals surface area contributed by atoms with Gasteiger partial charge in [-0.1, -0.05) is 24.1 Å². The number of aliphatic hydroxyl groups is 1. The Morgan fingerprint density at radius 3 is 2.51 bits per heavy atom. The first kappa shape index (κ1) is 24.8. The van der Waals surface area contributed by atoms with Crippen molar-refractivity contribution in [3.63, 3.8) is 0 Å². The van der Waals surface area contributed by atoms with Crippen molar-refractivity contribution in [2.45, 2.75) is 6.10 Å². The number of aliphatic hydroxyl groups excluding tert-OH is 1. The molecule has 2 heterocycles. The molecule has 182 valence electrons. The highest BCUT2D eigenvalue weighted by atomic mass is 79.9. The molecule has 9 heteroatoms. The average Bonchev–Trinajstić information content (AvgIpc) is 2.89. The lowest BCUT2D eigenvalue weighted by atomic mass is 10.2. The van der Waals surface area contributed by atoms with Crippen LogP contribution in [0.4, 0.5) is 17.3 Å². The molecule has 1 saturated heterocycles. The van der Waals surface area contributed by atoms with E-state index in [1.807, 2.05) is 30.3 Å². The number of rotatable bonds is 10. The van der Waals surface area contributed by atoms with E-state index in [1.54, 1.807) is 6.20 Å². The van der Waals surface area contributed by atoms with Crippen molar-refractivity contribution in [3.8, 4) is 24.0 Å². The lowest BCUT2D eigenvalue weighted by Crippen LogP contribution is -2.49. The molecule has 35 heavy (non-hydrogen) atoms. The van der Waals surface area contributed by atoms with Crippen LogP contribution in [0.25, 0.3) is 0 Å². The number of terminal acetylenes is 1. The summed E-state index contributed by atoms with van der Waals surface area (Å²) < 4.78 is 11.8. The first-order valence-corrected chi connectivity index (χ1v) is 12.2. The molecular formula is C26H28BrN5O3. The standard InChI is InChI=1S/C26H28BrN5O3/c1-2-16-34-25-24(27)17-28-26(30-25)29-20-8-10-23(11-9-20)35-19-22(33)18-31-12-14-32(15-13-31)21-6-4-3-5-7-21/h1,3-11,17,22,33H,12-16,18-19H2,(H,28,29,30). The quantitative estimate of drug-likeness (QED) is 0.380. The van der Waals surface area contributed by atoms with Gasteiger partial charge in [0.05, 0.1) is 10.7 Å². The first-order chi connectivity index (χ1) is 17.1. The molecule has 0 saturated carbocycles. The van der Waals surface area contributed by atoms with Gasteiger partial charge in [-0.2, -0.15) is 4.98 Å². The summed E-state index contributed by atoms with van der Waals surface area (Å²) in [5, 5.41) is 13.6. The molecule has 8 nitrogen and oxygen atoms in total. The number of halogens is 1. The Balaban J connectivity index is 1.20. The van der Waals surface area contributed by atoms with Crippen molar-refractivity contribution in [2.75, 3.05) is 56.2 Å². The molecule has 2 N–H and O–H groups in total. The van der Waals surface area contributed by atoms with E-state index < -0.39 is 6.10 Å². The highest BCUT2D eigenvalue weighted by Gasteiger charge is 2.19. The van der Waals surface area contributed by atoms with Gasteiger partial charge in [0.2, 0.25) is 11.8 Å². The van der Waals surface area contributed by atoms with Crippen LogP contribution in [0.15, 0.2) is 65.3 Å². The maximum absolute atomic E-state index is 10.5. The lowest BCUT2D eigenvalue weighted by Gasteiger charge is -2.36. The van der Waals surface area contributed by atoms with Crippen molar-refractivity contribution in [2.24, 2.45) is 0 Å². The molecule has 0 bridgehead atoms. The molecule has 1 unspecified atom stereocenters. The number of benzene rings is 2. The van der Waals surface area contributed by atoms with Gasteiger partial charge in [0, 0.05) is 44.1 Å². The molecular weight excluding hydrogens is 510 g/mol. The van der Waals surface area contributed by atoms with E-state index >= 15 is 0 Å². The molecule has 1 fully saturated rings. The summed E-state index contributed by atoms with van der Waals surface area (Å²) in [6, 6.07) is 17.8. The van der Waals surface area contributed by atoms with Crippen LogP contribution in [0.3, 0.4) is 0 Å². The summed E-state index contributed by atoms with van der Waals surface area (Å²) >= 11 is 3.34. The Hall–Kier alpha value is -3.32. The second-order valence-electron chi connectivity index (χ2n) is 8.08. The molecule has 0 amide bonds. The first-order valence-electron chi connectivity index (χ1n) is 11.4.